The van der Waals surface area contributed by atoms with Crippen LogP contribution < -0.4 is 10.1 Å². The number of nitrogens with one attached hydrogen (secondary N) is 1. The van der Waals surface area contributed by atoms with Crippen molar-refractivity contribution in [2.24, 2.45) is 0 Å². The molecule has 1 atom stereocenters. The molecule has 0 aliphatic heterocycles. The average Bonchev–Trinajstić information content (AvgIpc) is 2.90. The van der Waals surface area contributed by atoms with Gasteiger partial charge < -0.3 is 10.1 Å². The van der Waals surface area contributed by atoms with Crippen LogP contribution in [0.5, 0.6) is 5.75 Å². The van der Waals surface area contributed by atoms with Gasteiger partial charge in [0.2, 0.25) is 0 Å². The molecule has 2 rings (SSSR count). The van der Waals surface area contributed by atoms with Crippen molar-refractivity contribution in [2.45, 2.75) is 44.8 Å². The Hall–Kier alpha value is -1.91. The van der Waals surface area contributed by atoms with Crippen LogP contribution in [0.15, 0.2) is 18.2 Å². The van der Waals surface area contributed by atoms with Crippen LogP contribution in [0.2, 0.25) is 0 Å². The van der Waals surface area contributed by atoms with Gasteiger partial charge in [0.05, 0.1) is 0 Å². The predicted molar refractivity (Wildman–Crippen MR) is 72.3 cm³/mol. The third kappa shape index (κ3) is 3.79. The lowest BCUT2D eigenvalue weighted by Gasteiger charge is -2.18. The van der Waals surface area contributed by atoms with Gasteiger partial charge in [0.25, 0.3) is 5.91 Å². The highest BCUT2D eigenvalue weighted by Crippen LogP contribution is 2.19. The molecule has 4 nitrogen and oxygen atoms in total. The van der Waals surface area contributed by atoms with E-state index in [-0.39, 0.29) is 23.3 Å². The van der Waals surface area contributed by atoms with Crippen molar-refractivity contribution in [2.75, 3.05) is 0 Å². The summed E-state index contributed by atoms with van der Waals surface area (Å²) < 4.78 is 18.7. The van der Waals surface area contributed by atoms with Gasteiger partial charge in [0.15, 0.2) is 6.10 Å². The minimum absolute atomic E-state index is 0.182. The number of halogens is 1. The highest BCUT2D eigenvalue weighted by atomic mass is 19.1. The van der Waals surface area contributed by atoms with Crippen molar-refractivity contribution in [1.82, 2.24) is 5.32 Å². The Labute approximate surface area is 117 Å². The first-order valence-corrected chi connectivity index (χ1v) is 6.81. The number of benzene rings is 1. The molecule has 0 saturated heterocycles. The minimum Gasteiger partial charge on any atom is -0.481 e. The fourth-order valence-electron chi connectivity index (χ4n) is 2.37. The van der Waals surface area contributed by atoms with Crippen molar-refractivity contribution in [1.29, 1.82) is 0 Å². The fraction of sp³-hybridized carbons (Fsp3) is 0.467. The first kappa shape index (κ1) is 14.5. The molecule has 0 radical (unpaired) electrons. The summed E-state index contributed by atoms with van der Waals surface area (Å²) in [6.07, 6.45) is 4.07. The molecule has 20 heavy (non-hydrogen) atoms. The number of ether oxygens (including phenoxy) is 1. The quantitative estimate of drug-likeness (QED) is 0.842. The van der Waals surface area contributed by atoms with E-state index in [2.05, 4.69) is 5.32 Å². The lowest BCUT2D eigenvalue weighted by Crippen LogP contribution is -2.41. The first-order chi connectivity index (χ1) is 9.58. The lowest BCUT2D eigenvalue weighted by atomic mass is 10.2. The van der Waals surface area contributed by atoms with E-state index < -0.39 is 11.9 Å². The van der Waals surface area contributed by atoms with Crippen molar-refractivity contribution in [3.8, 4) is 5.75 Å². The Bertz CT molecular complexity index is 498. The zero-order valence-electron chi connectivity index (χ0n) is 11.4. The highest BCUT2D eigenvalue weighted by molar-refractivity contribution is 5.81. The van der Waals surface area contributed by atoms with Crippen molar-refractivity contribution >= 4 is 12.2 Å². The van der Waals surface area contributed by atoms with Gasteiger partial charge >= 0.3 is 0 Å². The van der Waals surface area contributed by atoms with Crippen LogP contribution in [0.1, 0.15) is 43.0 Å². The van der Waals surface area contributed by atoms with Gasteiger partial charge in [0.1, 0.15) is 17.9 Å². The maximum absolute atomic E-state index is 13.3. The number of hydrogen-bond acceptors (Lipinski definition) is 3. The number of aldehydes is 1. The molecule has 1 N–H and O–H groups in total. The van der Waals surface area contributed by atoms with Gasteiger partial charge in [-0.1, -0.05) is 12.8 Å². The molecule has 0 spiro atoms. The summed E-state index contributed by atoms with van der Waals surface area (Å²) in [6, 6.07) is 3.90. The van der Waals surface area contributed by atoms with E-state index in [0.29, 0.717) is 6.29 Å². The SMILES string of the molecule is CC(Oc1cc(F)cc(C=O)c1)C(=O)NC1CCCC1. The number of carbonyl (C=O) groups excluding carboxylic acids is 2. The van der Waals surface area contributed by atoms with E-state index in [1.807, 2.05) is 0 Å². The maximum atomic E-state index is 13.3. The number of amides is 1. The van der Waals surface area contributed by atoms with Crippen LogP contribution in [0.4, 0.5) is 4.39 Å². The molecule has 0 bridgehead atoms. The van der Waals surface area contributed by atoms with Gasteiger partial charge in [0, 0.05) is 17.7 Å². The summed E-state index contributed by atoms with van der Waals surface area (Å²) in [5.41, 5.74) is 0.184. The predicted octanol–water partition coefficient (Wildman–Crippen LogP) is 2.46. The summed E-state index contributed by atoms with van der Waals surface area (Å²) in [5, 5.41) is 2.91. The third-order valence-corrected chi connectivity index (χ3v) is 3.41. The molecular formula is C15H18FNO3. The molecule has 1 amide bonds. The average molecular weight is 279 g/mol. The zero-order valence-corrected chi connectivity index (χ0v) is 11.4. The maximum Gasteiger partial charge on any atom is 0.260 e. The molecule has 5 heteroatoms. The lowest BCUT2D eigenvalue weighted by molar-refractivity contribution is -0.127. The van der Waals surface area contributed by atoms with E-state index in [1.54, 1.807) is 6.92 Å². The standard InChI is InChI=1S/C15H18FNO3/c1-10(15(19)17-13-4-2-3-5-13)20-14-7-11(9-18)6-12(16)8-14/h6-10,13H,2-5H2,1H3,(H,17,19). The van der Waals surface area contributed by atoms with E-state index in [0.717, 1.165) is 37.8 Å². The van der Waals surface area contributed by atoms with E-state index >= 15 is 0 Å². The molecule has 108 valence electrons. The summed E-state index contributed by atoms with van der Waals surface area (Å²) in [5.74, 6) is -0.594. The van der Waals surface area contributed by atoms with E-state index in [9.17, 15) is 14.0 Å². The Morgan fingerprint density at radius 2 is 2.10 bits per heavy atom. The number of carbonyl (C=O) groups is 2. The minimum atomic E-state index is -0.725. The summed E-state index contributed by atoms with van der Waals surface area (Å²) in [4.78, 5) is 22.6. The van der Waals surface area contributed by atoms with Gasteiger partial charge in [-0.2, -0.15) is 0 Å². The molecule has 1 aromatic rings. The van der Waals surface area contributed by atoms with Crippen molar-refractivity contribution in [3.63, 3.8) is 0 Å². The molecule has 1 fully saturated rings. The summed E-state index contributed by atoms with van der Waals surface area (Å²) >= 11 is 0. The second-order valence-corrected chi connectivity index (χ2v) is 5.09. The number of rotatable bonds is 5. The summed E-state index contributed by atoms with van der Waals surface area (Å²) in [6.45, 7) is 1.61. The molecule has 1 saturated carbocycles. The number of hydrogen-bond donors (Lipinski definition) is 1. The second-order valence-electron chi connectivity index (χ2n) is 5.09. The molecule has 0 aromatic heterocycles. The highest BCUT2D eigenvalue weighted by Gasteiger charge is 2.21. The summed E-state index contributed by atoms with van der Waals surface area (Å²) in [7, 11) is 0. The van der Waals surface area contributed by atoms with Crippen LogP contribution >= 0.6 is 0 Å². The van der Waals surface area contributed by atoms with Gasteiger partial charge in [-0.25, -0.2) is 4.39 Å². The fourth-order valence-corrected chi connectivity index (χ4v) is 2.37. The molecule has 1 aromatic carbocycles. The van der Waals surface area contributed by atoms with Crippen molar-refractivity contribution in [3.05, 3.63) is 29.6 Å². The monoisotopic (exact) mass is 279 g/mol. The van der Waals surface area contributed by atoms with Crippen LogP contribution in [0, 0.1) is 5.82 Å². The van der Waals surface area contributed by atoms with Crippen LogP contribution in [0.25, 0.3) is 0 Å². The third-order valence-electron chi connectivity index (χ3n) is 3.41. The molecule has 1 aliphatic rings. The topological polar surface area (TPSA) is 55.4 Å². The van der Waals surface area contributed by atoms with Gasteiger partial charge in [-0.05, 0) is 31.9 Å². The van der Waals surface area contributed by atoms with Crippen LogP contribution in [-0.2, 0) is 4.79 Å². The Morgan fingerprint density at radius 1 is 1.40 bits per heavy atom. The second kappa shape index (κ2) is 6.50. The van der Waals surface area contributed by atoms with Gasteiger partial charge in [-0.3, -0.25) is 9.59 Å². The molecule has 1 aliphatic carbocycles. The Morgan fingerprint density at radius 3 is 2.75 bits per heavy atom. The van der Waals surface area contributed by atoms with E-state index in [4.69, 9.17) is 4.74 Å². The van der Waals surface area contributed by atoms with Crippen LogP contribution in [-0.4, -0.2) is 24.3 Å². The molecule has 1 unspecified atom stereocenters. The molecular weight excluding hydrogens is 261 g/mol. The normalized spacial score (nSPS) is 16.7. The molecule has 0 heterocycles. The van der Waals surface area contributed by atoms with Crippen molar-refractivity contribution < 1.29 is 18.7 Å². The first-order valence-electron chi connectivity index (χ1n) is 6.81. The van der Waals surface area contributed by atoms with E-state index in [1.165, 1.54) is 6.07 Å². The zero-order chi connectivity index (χ0) is 14.5. The van der Waals surface area contributed by atoms with Gasteiger partial charge in [-0.15, -0.1) is 0 Å². The van der Waals surface area contributed by atoms with Crippen LogP contribution in [0.3, 0.4) is 0 Å². The smallest absolute Gasteiger partial charge is 0.260 e. The Balaban J connectivity index is 1.95. The largest absolute Gasteiger partial charge is 0.481 e. The Kier molecular flexibility index (Phi) is 4.71.